The molecule has 0 aromatic carbocycles. The summed E-state index contributed by atoms with van der Waals surface area (Å²) in [6.07, 6.45) is 6.59. The number of carboxylic acids is 2. The maximum Gasteiger partial charge on any atom is 0.309 e. The van der Waals surface area contributed by atoms with Crippen LogP contribution in [-0.4, -0.2) is 48.3 Å². The fraction of sp³-hybridized carbons (Fsp3) is 0.818. The van der Waals surface area contributed by atoms with Crippen molar-refractivity contribution in [2.45, 2.75) is 84.5 Å². The van der Waals surface area contributed by atoms with Gasteiger partial charge in [0.1, 0.15) is 0 Å². The number of ether oxygens (including phenoxy) is 2. The van der Waals surface area contributed by atoms with E-state index in [2.05, 4.69) is 0 Å². The Bertz CT molecular complexity index is 555. The van der Waals surface area contributed by atoms with Crippen LogP contribution in [-0.2, 0) is 28.7 Å². The summed E-state index contributed by atoms with van der Waals surface area (Å²) < 4.78 is 9.82. The summed E-state index contributed by atoms with van der Waals surface area (Å²) >= 11 is 0. The summed E-state index contributed by atoms with van der Waals surface area (Å²) in [5.74, 6) is -3.74. The van der Waals surface area contributed by atoms with Gasteiger partial charge in [-0.15, -0.1) is 0 Å². The standard InChI is InChI=1S/C22H38O8/c1-22(2,21(27)28)15-11-7-9-13-17(20(26)30-4)16(19(25)29-3)12-8-5-6-10-14-18(23)24/h16-17H,5-15H2,1-4H3,(H,23,24)(H,27,28). The van der Waals surface area contributed by atoms with Crippen LogP contribution in [0.25, 0.3) is 0 Å². The highest BCUT2D eigenvalue weighted by molar-refractivity contribution is 5.82. The molecule has 0 saturated carbocycles. The van der Waals surface area contributed by atoms with E-state index in [4.69, 9.17) is 14.6 Å². The Morgan fingerprint density at radius 2 is 1.17 bits per heavy atom. The molecule has 0 bridgehead atoms. The van der Waals surface area contributed by atoms with Crippen molar-refractivity contribution in [3.63, 3.8) is 0 Å². The molecule has 2 unspecified atom stereocenters. The second-order valence-electron chi connectivity index (χ2n) is 8.39. The average Bonchev–Trinajstić information content (AvgIpc) is 2.69. The second-order valence-corrected chi connectivity index (χ2v) is 8.39. The van der Waals surface area contributed by atoms with Gasteiger partial charge >= 0.3 is 23.9 Å². The normalized spacial score (nSPS) is 13.3. The molecule has 2 N–H and O–H groups in total. The fourth-order valence-electron chi connectivity index (χ4n) is 3.48. The first-order valence-corrected chi connectivity index (χ1v) is 10.7. The quantitative estimate of drug-likeness (QED) is 0.261. The minimum atomic E-state index is -0.830. The molecule has 8 heteroatoms. The van der Waals surface area contributed by atoms with Gasteiger partial charge < -0.3 is 19.7 Å². The maximum atomic E-state index is 12.3. The molecule has 30 heavy (non-hydrogen) atoms. The lowest BCUT2D eigenvalue weighted by Gasteiger charge is -2.23. The minimum absolute atomic E-state index is 0.129. The molecule has 0 aliphatic rings. The van der Waals surface area contributed by atoms with Crippen LogP contribution >= 0.6 is 0 Å². The molecule has 0 saturated heterocycles. The number of hydrogen-bond donors (Lipinski definition) is 2. The number of hydrogen-bond acceptors (Lipinski definition) is 6. The molecule has 174 valence electrons. The number of methoxy groups -OCH3 is 2. The Hall–Kier alpha value is -2.12. The SMILES string of the molecule is COC(=O)C(CCCCCCC(=O)O)C(CCCCCC(C)(C)C(=O)O)C(=O)OC. The number of unbranched alkanes of at least 4 members (excludes halogenated alkanes) is 5. The molecule has 0 aliphatic heterocycles. The van der Waals surface area contributed by atoms with Crippen molar-refractivity contribution >= 4 is 23.9 Å². The molecular weight excluding hydrogens is 392 g/mol. The smallest absolute Gasteiger partial charge is 0.309 e. The Balaban J connectivity index is 4.71. The molecule has 0 fully saturated rings. The van der Waals surface area contributed by atoms with Gasteiger partial charge in [-0.3, -0.25) is 19.2 Å². The molecule has 0 radical (unpaired) electrons. The topological polar surface area (TPSA) is 127 Å². The lowest BCUT2D eigenvalue weighted by atomic mass is 9.83. The van der Waals surface area contributed by atoms with Crippen molar-refractivity contribution in [1.29, 1.82) is 0 Å². The number of carbonyl (C=O) groups is 4. The lowest BCUT2D eigenvalue weighted by molar-refractivity contribution is -0.158. The Morgan fingerprint density at radius 3 is 1.57 bits per heavy atom. The van der Waals surface area contributed by atoms with Gasteiger partial charge in [0.2, 0.25) is 0 Å². The van der Waals surface area contributed by atoms with Crippen LogP contribution in [0.15, 0.2) is 0 Å². The van der Waals surface area contributed by atoms with Gasteiger partial charge in [0.25, 0.3) is 0 Å². The molecule has 0 aliphatic carbocycles. The number of aliphatic carboxylic acids is 2. The highest BCUT2D eigenvalue weighted by atomic mass is 16.5. The van der Waals surface area contributed by atoms with E-state index in [1.807, 2.05) is 0 Å². The highest BCUT2D eigenvalue weighted by Crippen LogP contribution is 2.29. The van der Waals surface area contributed by atoms with Crippen molar-refractivity contribution in [3.8, 4) is 0 Å². The van der Waals surface area contributed by atoms with E-state index in [0.717, 1.165) is 25.7 Å². The first-order chi connectivity index (χ1) is 14.1. The van der Waals surface area contributed by atoms with E-state index < -0.39 is 41.1 Å². The maximum absolute atomic E-state index is 12.3. The Labute approximate surface area is 179 Å². The fourth-order valence-corrected chi connectivity index (χ4v) is 3.48. The van der Waals surface area contributed by atoms with Crippen molar-refractivity contribution < 1.29 is 38.9 Å². The van der Waals surface area contributed by atoms with Crippen LogP contribution in [0.1, 0.15) is 84.5 Å². The van der Waals surface area contributed by atoms with Gasteiger partial charge in [-0.2, -0.15) is 0 Å². The second kappa shape index (κ2) is 14.8. The van der Waals surface area contributed by atoms with Gasteiger partial charge in [0.05, 0.1) is 31.5 Å². The van der Waals surface area contributed by atoms with Gasteiger partial charge in [0.15, 0.2) is 0 Å². The largest absolute Gasteiger partial charge is 0.481 e. The number of carbonyl (C=O) groups excluding carboxylic acids is 2. The molecule has 0 spiro atoms. The number of rotatable bonds is 17. The Morgan fingerprint density at radius 1 is 0.733 bits per heavy atom. The van der Waals surface area contributed by atoms with E-state index in [1.165, 1.54) is 14.2 Å². The van der Waals surface area contributed by atoms with Crippen molar-refractivity contribution in [1.82, 2.24) is 0 Å². The van der Waals surface area contributed by atoms with E-state index in [-0.39, 0.29) is 6.42 Å². The van der Waals surface area contributed by atoms with E-state index >= 15 is 0 Å². The third-order valence-corrected chi connectivity index (χ3v) is 5.55. The summed E-state index contributed by atoms with van der Waals surface area (Å²) in [7, 11) is 2.59. The van der Waals surface area contributed by atoms with Crippen molar-refractivity contribution in [3.05, 3.63) is 0 Å². The Kier molecular flexibility index (Phi) is 13.8. The summed E-state index contributed by atoms with van der Waals surface area (Å²) in [4.78, 5) is 46.4. The van der Waals surface area contributed by atoms with Crippen LogP contribution in [0.4, 0.5) is 0 Å². The highest BCUT2D eigenvalue weighted by Gasteiger charge is 2.34. The molecule has 0 heterocycles. The predicted molar refractivity (Wildman–Crippen MR) is 111 cm³/mol. The third kappa shape index (κ3) is 11.2. The lowest BCUT2D eigenvalue weighted by Crippen LogP contribution is -2.32. The monoisotopic (exact) mass is 430 g/mol. The summed E-state index contributed by atoms with van der Waals surface area (Å²) in [5.41, 5.74) is -0.781. The number of carboxylic acid groups (broad SMARTS) is 2. The molecule has 0 aromatic rings. The van der Waals surface area contributed by atoms with Crippen LogP contribution < -0.4 is 0 Å². The summed E-state index contributed by atoms with van der Waals surface area (Å²) in [6.45, 7) is 3.38. The zero-order valence-corrected chi connectivity index (χ0v) is 18.8. The average molecular weight is 431 g/mol. The van der Waals surface area contributed by atoms with Crippen molar-refractivity contribution in [2.75, 3.05) is 14.2 Å². The van der Waals surface area contributed by atoms with Gasteiger partial charge in [-0.1, -0.05) is 38.5 Å². The molecule has 0 amide bonds. The van der Waals surface area contributed by atoms with E-state index in [0.29, 0.717) is 38.5 Å². The molecule has 8 nitrogen and oxygen atoms in total. The van der Waals surface area contributed by atoms with Crippen molar-refractivity contribution in [2.24, 2.45) is 17.3 Å². The summed E-state index contributed by atoms with van der Waals surface area (Å²) in [6, 6.07) is 0. The molecule has 0 rings (SSSR count). The minimum Gasteiger partial charge on any atom is -0.481 e. The van der Waals surface area contributed by atoms with Crippen LogP contribution in [0, 0.1) is 17.3 Å². The molecule has 2 atom stereocenters. The zero-order chi connectivity index (χ0) is 23.2. The number of esters is 2. The molecular formula is C22H38O8. The van der Waals surface area contributed by atoms with Gasteiger partial charge in [0, 0.05) is 6.42 Å². The first kappa shape index (κ1) is 27.9. The third-order valence-electron chi connectivity index (χ3n) is 5.55. The first-order valence-electron chi connectivity index (χ1n) is 10.7. The van der Waals surface area contributed by atoms with E-state index in [1.54, 1.807) is 13.8 Å². The summed E-state index contributed by atoms with van der Waals surface area (Å²) in [5, 5.41) is 17.8. The van der Waals surface area contributed by atoms with E-state index in [9.17, 15) is 24.3 Å². The van der Waals surface area contributed by atoms with Crippen LogP contribution in [0.2, 0.25) is 0 Å². The zero-order valence-electron chi connectivity index (χ0n) is 18.8. The molecule has 0 aromatic heterocycles. The van der Waals surface area contributed by atoms with Crippen LogP contribution in [0.5, 0.6) is 0 Å². The van der Waals surface area contributed by atoms with Gasteiger partial charge in [-0.05, 0) is 39.5 Å². The predicted octanol–water partition coefficient (Wildman–Crippen LogP) is 4.05. The van der Waals surface area contributed by atoms with Gasteiger partial charge in [-0.25, -0.2) is 0 Å². The van der Waals surface area contributed by atoms with Crippen LogP contribution in [0.3, 0.4) is 0 Å².